The van der Waals surface area contributed by atoms with E-state index in [0.717, 1.165) is 12.1 Å². The van der Waals surface area contributed by atoms with Crippen molar-refractivity contribution in [3.63, 3.8) is 0 Å². The Balaban J connectivity index is 1.85. The van der Waals surface area contributed by atoms with Gasteiger partial charge in [0.25, 0.3) is 5.91 Å². The third kappa shape index (κ3) is 5.45. The summed E-state index contributed by atoms with van der Waals surface area (Å²) < 4.78 is 86.3. The van der Waals surface area contributed by atoms with Gasteiger partial charge in [0.15, 0.2) is 6.10 Å². The van der Waals surface area contributed by atoms with Crippen LogP contribution in [0.4, 0.5) is 36.8 Å². The van der Waals surface area contributed by atoms with Crippen molar-refractivity contribution in [2.24, 2.45) is 0 Å². The number of nitriles is 1. The highest BCUT2D eigenvalue weighted by Crippen LogP contribution is 2.39. The average molecular weight is 522 g/mol. The SMILES string of the molecule is CC(C)(C)N(C(=O)O)C1CCN(C(=O)[C@@H]2CN(c3ccc(C#N)c(C(F)(F)F)c3)[C@@H](C(F)(F)F)O2)C1. The second-order valence-corrected chi connectivity index (χ2v) is 9.56. The van der Waals surface area contributed by atoms with Gasteiger partial charge in [-0.2, -0.15) is 31.6 Å². The number of ether oxygens (including phenoxy) is 1. The Morgan fingerprint density at radius 1 is 1.14 bits per heavy atom. The smallest absolute Gasteiger partial charge is 0.433 e. The summed E-state index contributed by atoms with van der Waals surface area (Å²) in [5, 5.41) is 18.5. The molecule has 8 nitrogen and oxygen atoms in total. The Bertz CT molecular complexity index is 1060. The van der Waals surface area contributed by atoms with Crippen LogP contribution in [0.25, 0.3) is 0 Å². The van der Waals surface area contributed by atoms with Crippen LogP contribution < -0.4 is 4.90 Å². The van der Waals surface area contributed by atoms with Gasteiger partial charge in [0.2, 0.25) is 6.23 Å². The van der Waals surface area contributed by atoms with Gasteiger partial charge < -0.3 is 19.6 Å². The third-order valence-electron chi connectivity index (χ3n) is 6.02. The van der Waals surface area contributed by atoms with Gasteiger partial charge in [-0.3, -0.25) is 9.69 Å². The molecule has 2 aliphatic heterocycles. The van der Waals surface area contributed by atoms with Crippen LogP contribution in [-0.4, -0.2) is 76.6 Å². The molecule has 0 spiro atoms. The summed E-state index contributed by atoms with van der Waals surface area (Å²) in [5.41, 5.74) is -3.46. The molecule has 0 bridgehead atoms. The average Bonchev–Trinajstić information content (AvgIpc) is 3.38. The molecule has 2 amide bonds. The molecule has 1 aromatic rings. The van der Waals surface area contributed by atoms with Gasteiger partial charge in [-0.15, -0.1) is 0 Å². The van der Waals surface area contributed by atoms with Crippen molar-refractivity contribution in [2.75, 3.05) is 24.5 Å². The second kappa shape index (κ2) is 9.34. The van der Waals surface area contributed by atoms with Gasteiger partial charge in [-0.25, -0.2) is 4.79 Å². The molecule has 0 aromatic heterocycles. The molecule has 0 saturated carbocycles. The van der Waals surface area contributed by atoms with Crippen LogP contribution in [0.15, 0.2) is 18.2 Å². The van der Waals surface area contributed by atoms with Gasteiger partial charge >= 0.3 is 18.4 Å². The van der Waals surface area contributed by atoms with E-state index in [0.29, 0.717) is 11.0 Å². The molecule has 1 aromatic carbocycles. The van der Waals surface area contributed by atoms with Crippen LogP contribution in [0.5, 0.6) is 0 Å². The summed E-state index contributed by atoms with van der Waals surface area (Å²) in [7, 11) is 0. The number of hydrogen-bond acceptors (Lipinski definition) is 5. The number of anilines is 1. The van der Waals surface area contributed by atoms with E-state index in [9.17, 15) is 41.0 Å². The number of alkyl halides is 6. The van der Waals surface area contributed by atoms with Crippen LogP contribution in [0, 0.1) is 11.3 Å². The van der Waals surface area contributed by atoms with Gasteiger partial charge in [-0.05, 0) is 45.4 Å². The molecule has 14 heteroatoms. The summed E-state index contributed by atoms with van der Waals surface area (Å²) >= 11 is 0. The second-order valence-electron chi connectivity index (χ2n) is 9.56. The Labute approximate surface area is 202 Å². The maximum Gasteiger partial charge on any atom is 0.433 e. The van der Waals surface area contributed by atoms with Crippen LogP contribution in [0.1, 0.15) is 38.3 Å². The van der Waals surface area contributed by atoms with Crippen molar-refractivity contribution in [1.82, 2.24) is 9.80 Å². The molecule has 1 N–H and O–H groups in total. The lowest BCUT2D eigenvalue weighted by molar-refractivity contribution is -0.214. The van der Waals surface area contributed by atoms with Crippen molar-refractivity contribution in [3.8, 4) is 6.07 Å². The minimum Gasteiger partial charge on any atom is -0.465 e. The number of likely N-dealkylation sites (tertiary alicyclic amines) is 1. The first kappa shape index (κ1) is 27.4. The van der Waals surface area contributed by atoms with Crippen LogP contribution in [-0.2, 0) is 15.7 Å². The number of rotatable bonds is 3. The zero-order valence-corrected chi connectivity index (χ0v) is 19.5. The topological polar surface area (TPSA) is 97.1 Å². The summed E-state index contributed by atoms with van der Waals surface area (Å²) in [5.74, 6) is -0.821. The monoisotopic (exact) mass is 522 g/mol. The first-order valence-corrected chi connectivity index (χ1v) is 10.9. The van der Waals surface area contributed by atoms with Gasteiger partial charge in [-0.1, -0.05) is 0 Å². The number of amides is 2. The highest BCUT2D eigenvalue weighted by molar-refractivity contribution is 5.83. The first-order chi connectivity index (χ1) is 16.4. The van der Waals surface area contributed by atoms with Crippen molar-refractivity contribution in [3.05, 3.63) is 29.3 Å². The van der Waals surface area contributed by atoms with Crippen LogP contribution in [0.2, 0.25) is 0 Å². The summed E-state index contributed by atoms with van der Waals surface area (Å²) in [6, 6.07) is 2.89. The Morgan fingerprint density at radius 2 is 1.78 bits per heavy atom. The summed E-state index contributed by atoms with van der Waals surface area (Å²) in [6.07, 6.45) is -15.3. The fourth-order valence-electron chi connectivity index (χ4n) is 4.57. The lowest BCUT2D eigenvalue weighted by atomic mass is 10.0. The third-order valence-corrected chi connectivity index (χ3v) is 6.02. The van der Waals surface area contributed by atoms with E-state index in [-0.39, 0.29) is 19.5 Å². The van der Waals surface area contributed by atoms with Crippen molar-refractivity contribution < 1.29 is 45.8 Å². The highest BCUT2D eigenvalue weighted by atomic mass is 19.4. The number of carbonyl (C=O) groups excluding carboxylic acids is 1. The molecule has 1 unspecified atom stereocenters. The largest absolute Gasteiger partial charge is 0.465 e. The first-order valence-electron chi connectivity index (χ1n) is 10.9. The molecule has 2 fully saturated rings. The maximum absolute atomic E-state index is 13.7. The van der Waals surface area contributed by atoms with Gasteiger partial charge in [0, 0.05) is 24.3 Å². The predicted molar refractivity (Wildman–Crippen MR) is 113 cm³/mol. The quantitative estimate of drug-likeness (QED) is 0.602. The Hall–Kier alpha value is -3.21. The summed E-state index contributed by atoms with van der Waals surface area (Å²) in [4.78, 5) is 27.6. The zero-order valence-electron chi connectivity index (χ0n) is 19.5. The fourth-order valence-corrected chi connectivity index (χ4v) is 4.57. The predicted octanol–water partition coefficient (Wildman–Crippen LogP) is 4.05. The van der Waals surface area contributed by atoms with Crippen LogP contribution >= 0.6 is 0 Å². The number of carboxylic acid groups (broad SMARTS) is 1. The minimum atomic E-state index is -5.04. The summed E-state index contributed by atoms with van der Waals surface area (Å²) in [6.45, 7) is 4.34. The van der Waals surface area contributed by atoms with E-state index in [1.165, 1.54) is 15.9 Å². The number of carbonyl (C=O) groups is 2. The molecule has 3 rings (SSSR count). The lowest BCUT2D eigenvalue weighted by Gasteiger charge is -2.37. The number of hydrogen-bond donors (Lipinski definition) is 1. The number of nitrogens with zero attached hydrogens (tertiary/aromatic N) is 4. The molecule has 0 aliphatic carbocycles. The van der Waals surface area contributed by atoms with E-state index in [1.807, 2.05) is 0 Å². The Kier molecular flexibility index (Phi) is 7.11. The highest BCUT2D eigenvalue weighted by Gasteiger charge is 2.53. The fraction of sp³-hybridized carbons (Fsp3) is 0.591. The number of halogens is 6. The molecule has 2 aliphatic rings. The normalized spacial score (nSPS) is 23.1. The van der Waals surface area contributed by atoms with Crippen molar-refractivity contribution in [1.29, 1.82) is 5.26 Å². The molecule has 198 valence electrons. The molecule has 2 saturated heterocycles. The van der Waals surface area contributed by atoms with Crippen molar-refractivity contribution >= 4 is 17.7 Å². The van der Waals surface area contributed by atoms with E-state index in [1.54, 1.807) is 20.8 Å². The number of benzene rings is 1. The molecular weight excluding hydrogens is 498 g/mol. The van der Waals surface area contributed by atoms with Gasteiger partial charge in [0.1, 0.15) is 0 Å². The van der Waals surface area contributed by atoms with E-state index in [4.69, 9.17) is 10.00 Å². The molecule has 3 atom stereocenters. The Morgan fingerprint density at radius 3 is 2.28 bits per heavy atom. The molecule has 36 heavy (non-hydrogen) atoms. The van der Waals surface area contributed by atoms with Crippen LogP contribution in [0.3, 0.4) is 0 Å². The van der Waals surface area contributed by atoms with E-state index in [2.05, 4.69) is 0 Å². The lowest BCUT2D eigenvalue weighted by Crippen LogP contribution is -2.52. The minimum absolute atomic E-state index is 0.0615. The van der Waals surface area contributed by atoms with Crippen molar-refractivity contribution in [2.45, 2.75) is 63.5 Å². The van der Waals surface area contributed by atoms with E-state index < -0.39 is 71.6 Å². The van der Waals surface area contributed by atoms with E-state index >= 15 is 0 Å². The standard InChI is InChI=1S/C22H24F6N4O4/c1-20(2,3)32(19(34)35)14-6-7-30(10-14)17(33)16-11-31(18(36-16)22(26,27)28)13-5-4-12(9-29)15(8-13)21(23,24)25/h4-5,8,14,16,18H,6-7,10-11H2,1-3H3,(H,34,35)/t14?,16-,18+/m0/s1. The molecular formula is C22H24F6N4O4. The molecule has 0 radical (unpaired) electrons. The maximum atomic E-state index is 13.7. The van der Waals surface area contributed by atoms with Gasteiger partial charge in [0.05, 0.1) is 29.8 Å². The zero-order chi connectivity index (χ0) is 27.2. The molecule has 2 heterocycles.